The van der Waals surface area contributed by atoms with Gasteiger partial charge in [-0.1, -0.05) is 52.1 Å². The van der Waals surface area contributed by atoms with Crippen LogP contribution in [0.5, 0.6) is 0 Å². The summed E-state index contributed by atoms with van der Waals surface area (Å²) >= 11 is 15.6. The molecule has 2 aromatic carbocycles. The Kier molecular flexibility index (Phi) is 7.82. The number of carbonyl (C=O) groups excluding carboxylic acids is 1. The van der Waals surface area contributed by atoms with Crippen LogP contribution in [-0.2, 0) is 27.8 Å². The van der Waals surface area contributed by atoms with E-state index in [0.717, 1.165) is 9.27 Å². The van der Waals surface area contributed by atoms with Crippen LogP contribution in [0.15, 0.2) is 51.8 Å². The molecule has 3 rings (SSSR count). The van der Waals surface area contributed by atoms with Gasteiger partial charge in [-0.25, -0.2) is 13.1 Å². The molecule has 0 spiro atoms. The summed E-state index contributed by atoms with van der Waals surface area (Å²) in [5.41, 5.74) is 0.658. The van der Waals surface area contributed by atoms with Crippen molar-refractivity contribution in [2.45, 2.75) is 37.2 Å². The third kappa shape index (κ3) is 6.11. The quantitative estimate of drug-likeness (QED) is 0.439. The third-order valence-corrected chi connectivity index (χ3v) is 7.13. The molecule has 3 aromatic rings. The highest BCUT2D eigenvalue weighted by Crippen LogP contribution is 2.25. The topological polar surface area (TPSA) is 107 Å². The molecule has 1 unspecified atom stereocenters. The monoisotopic (exact) mass is 545 g/mol. The molecule has 1 N–H and O–H groups in total. The number of benzene rings is 2. The third-order valence-electron chi connectivity index (χ3n) is 4.41. The Bertz CT molecular complexity index is 1170. The molecule has 0 aliphatic carbocycles. The summed E-state index contributed by atoms with van der Waals surface area (Å²) in [4.78, 5) is 13.9. The van der Waals surface area contributed by atoms with Crippen LogP contribution in [0.3, 0.4) is 0 Å². The highest BCUT2D eigenvalue weighted by molar-refractivity contribution is 9.10. The van der Waals surface area contributed by atoms with Crippen LogP contribution in [0.2, 0.25) is 10.0 Å². The molecule has 1 heterocycles. The van der Waals surface area contributed by atoms with Crippen LogP contribution in [0, 0.1) is 0 Å². The molecule has 1 aromatic heterocycles. The molecule has 164 valence electrons. The standard InChI is InChI=1S/C19H18BrCl2N5O3S/c1-2-17(25-31(29,30)13-8-6-12(20)7-9-13)18(28)11-27-24-19(23-26-27)10-14-15(21)4-3-5-16(14)22/h3-9,17,25H,2,10-11H2,1H3. The number of aromatic nitrogens is 4. The van der Waals surface area contributed by atoms with Crippen molar-refractivity contribution in [1.29, 1.82) is 0 Å². The predicted octanol–water partition coefficient (Wildman–Crippen LogP) is 3.66. The van der Waals surface area contributed by atoms with E-state index in [-0.39, 0.29) is 30.1 Å². The van der Waals surface area contributed by atoms with Gasteiger partial charge in [-0.15, -0.1) is 10.2 Å². The summed E-state index contributed by atoms with van der Waals surface area (Å²) in [5, 5.41) is 13.0. The fraction of sp³-hybridized carbons (Fsp3) is 0.263. The number of nitrogens with one attached hydrogen (secondary N) is 1. The van der Waals surface area contributed by atoms with Crippen LogP contribution < -0.4 is 4.72 Å². The van der Waals surface area contributed by atoms with Gasteiger partial charge in [0.15, 0.2) is 11.6 Å². The van der Waals surface area contributed by atoms with Gasteiger partial charge in [0.1, 0.15) is 6.54 Å². The summed E-state index contributed by atoms with van der Waals surface area (Å²) in [6.45, 7) is 1.48. The summed E-state index contributed by atoms with van der Waals surface area (Å²) in [6, 6.07) is 10.4. The van der Waals surface area contributed by atoms with Crippen molar-refractivity contribution < 1.29 is 13.2 Å². The first-order valence-electron chi connectivity index (χ1n) is 9.19. The molecular formula is C19H18BrCl2N5O3S. The molecular weight excluding hydrogens is 529 g/mol. The van der Waals surface area contributed by atoms with E-state index in [0.29, 0.717) is 21.4 Å². The van der Waals surface area contributed by atoms with E-state index >= 15 is 0 Å². The molecule has 8 nitrogen and oxygen atoms in total. The largest absolute Gasteiger partial charge is 0.296 e. The Morgan fingerprint density at radius 1 is 1.16 bits per heavy atom. The second-order valence-electron chi connectivity index (χ2n) is 6.62. The van der Waals surface area contributed by atoms with Crippen LogP contribution >= 0.6 is 39.1 Å². The molecule has 12 heteroatoms. The molecule has 31 heavy (non-hydrogen) atoms. The van der Waals surface area contributed by atoms with Crippen LogP contribution in [0.1, 0.15) is 24.7 Å². The zero-order chi connectivity index (χ0) is 22.6. The number of sulfonamides is 1. The molecule has 1 atom stereocenters. The van der Waals surface area contributed by atoms with E-state index in [1.54, 1.807) is 37.3 Å². The summed E-state index contributed by atoms with van der Waals surface area (Å²) in [7, 11) is -3.86. The van der Waals surface area contributed by atoms with Gasteiger partial charge in [-0.3, -0.25) is 4.79 Å². The Balaban J connectivity index is 1.68. The number of rotatable bonds is 9. The van der Waals surface area contributed by atoms with Crippen LogP contribution in [0.4, 0.5) is 0 Å². The van der Waals surface area contributed by atoms with Crippen molar-refractivity contribution in [1.82, 2.24) is 24.9 Å². The second kappa shape index (κ2) is 10.2. The maximum atomic E-state index is 12.7. The van der Waals surface area contributed by atoms with Gasteiger partial charge in [0.05, 0.1) is 10.9 Å². The molecule has 0 radical (unpaired) electrons. The van der Waals surface area contributed by atoms with Crippen molar-refractivity contribution >= 4 is 54.9 Å². The first-order valence-corrected chi connectivity index (χ1v) is 12.2. The summed E-state index contributed by atoms with van der Waals surface area (Å²) in [6.07, 6.45) is 0.519. The average Bonchev–Trinajstić information content (AvgIpc) is 3.16. The number of Topliss-reactive ketones (excluding diaryl/α,β-unsaturated/α-hetero) is 1. The van der Waals surface area contributed by atoms with Crippen LogP contribution in [-0.4, -0.2) is 40.5 Å². The second-order valence-corrected chi connectivity index (χ2v) is 10.1. The summed E-state index contributed by atoms with van der Waals surface area (Å²) < 4.78 is 28.4. The number of hydrogen-bond donors (Lipinski definition) is 1. The SMILES string of the molecule is CCC(NS(=O)(=O)c1ccc(Br)cc1)C(=O)Cn1nnc(Cc2c(Cl)cccc2Cl)n1. The molecule has 0 aliphatic heterocycles. The van der Waals surface area contributed by atoms with Gasteiger partial charge < -0.3 is 0 Å². The van der Waals surface area contributed by atoms with Gasteiger partial charge in [0.2, 0.25) is 10.0 Å². The molecule has 0 saturated carbocycles. The lowest BCUT2D eigenvalue weighted by Gasteiger charge is -2.15. The van der Waals surface area contributed by atoms with Crippen molar-refractivity contribution in [3.05, 3.63) is 68.4 Å². The van der Waals surface area contributed by atoms with Gasteiger partial charge in [-0.05, 0) is 53.6 Å². The van der Waals surface area contributed by atoms with Gasteiger partial charge in [0, 0.05) is 20.9 Å². The predicted molar refractivity (Wildman–Crippen MR) is 121 cm³/mol. The van der Waals surface area contributed by atoms with E-state index < -0.39 is 16.1 Å². The van der Waals surface area contributed by atoms with E-state index in [1.165, 1.54) is 12.1 Å². The highest BCUT2D eigenvalue weighted by atomic mass is 79.9. The fourth-order valence-electron chi connectivity index (χ4n) is 2.77. The molecule has 0 bridgehead atoms. The number of carbonyl (C=O) groups is 1. The smallest absolute Gasteiger partial charge is 0.241 e. The normalized spacial score (nSPS) is 12.6. The van der Waals surface area contributed by atoms with Crippen molar-refractivity contribution in [2.75, 3.05) is 0 Å². The molecule has 0 fully saturated rings. The maximum Gasteiger partial charge on any atom is 0.241 e. The van der Waals surface area contributed by atoms with Gasteiger partial charge >= 0.3 is 0 Å². The number of tetrazole rings is 1. The lowest BCUT2D eigenvalue weighted by atomic mass is 10.1. The molecule has 0 aliphatic rings. The minimum atomic E-state index is -3.86. The Morgan fingerprint density at radius 2 is 1.81 bits per heavy atom. The molecule has 0 saturated heterocycles. The molecule has 0 amide bonds. The lowest BCUT2D eigenvalue weighted by Crippen LogP contribution is -2.42. The lowest BCUT2D eigenvalue weighted by molar-refractivity contribution is -0.121. The minimum Gasteiger partial charge on any atom is -0.296 e. The van der Waals surface area contributed by atoms with E-state index in [1.807, 2.05) is 0 Å². The van der Waals surface area contributed by atoms with Crippen molar-refractivity contribution in [3.8, 4) is 0 Å². The number of nitrogens with zero attached hydrogens (tertiary/aromatic N) is 4. The number of ketones is 1. The number of hydrogen-bond acceptors (Lipinski definition) is 6. The van der Waals surface area contributed by atoms with Crippen LogP contribution in [0.25, 0.3) is 0 Å². The van der Waals surface area contributed by atoms with E-state index in [9.17, 15) is 13.2 Å². The zero-order valence-electron chi connectivity index (χ0n) is 16.3. The van der Waals surface area contributed by atoms with E-state index in [2.05, 4.69) is 36.1 Å². The fourth-order valence-corrected chi connectivity index (χ4v) is 4.87. The van der Waals surface area contributed by atoms with Gasteiger partial charge in [0.25, 0.3) is 0 Å². The minimum absolute atomic E-state index is 0.0692. The van der Waals surface area contributed by atoms with E-state index in [4.69, 9.17) is 23.2 Å². The maximum absolute atomic E-state index is 12.7. The number of halogens is 3. The Hall–Kier alpha value is -1.85. The van der Waals surface area contributed by atoms with Gasteiger partial charge in [-0.2, -0.15) is 4.80 Å². The first kappa shape index (κ1) is 23.8. The Morgan fingerprint density at radius 3 is 2.42 bits per heavy atom. The first-order chi connectivity index (χ1) is 14.7. The van der Waals surface area contributed by atoms with Crippen molar-refractivity contribution in [3.63, 3.8) is 0 Å². The zero-order valence-corrected chi connectivity index (χ0v) is 20.2. The highest BCUT2D eigenvalue weighted by Gasteiger charge is 2.25. The average molecular weight is 547 g/mol. The summed E-state index contributed by atoms with van der Waals surface area (Å²) in [5.74, 6) is -0.0470. The Labute approximate surface area is 198 Å². The van der Waals surface area contributed by atoms with Crippen molar-refractivity contribution in [2.24, 2.45) is 0 Å².